The van der Waals surface area contributed by atoms with Gasteiger partial charge in [-0.05, 0) is 12.5 Å². The normalized spacial score (nSPS) is 19.1. The minimum atomic E-state index is -0.353. The molecule has 1 fully saturated rings. The fraction of sp³-hybridized carbons (Fsp3) is 0.300. The number of carbonyl (C=O) groups excluding carboxylic acids is 1. The van der Waals surface area contributed by atoms with Crippen molar-refractivity contribution in [1.82, 2.24) is 4.98 Å². The number of hydrogen-bond donors (Lipinski definition) is 1. The molecule has 1 amide bonds. The molecule has 2 N–H and O–H groups in total. The van der Waals surface area contributed by atoms with E-state index < -0.39 is 0 Å². The summed E-state index contributed by atoms with van der Waals surface area (Å²) in [5.74, 6) is -0.353. The van der Waals surface area contributed by atoms with Crippen molar-refractivity contribution < 1.29 is 4.79 Å². The van der Waals surface area contributed by atoms with Crippen LogP contribution in [-0.2, 0) is 4.79 Å². The second-order valence-corrected chi connectivity index (χ2v) is 3.40. The Kier molecular flexibility index (Phi) is 2.26. The Morgan fingerprint density at radius 3 is 3.07 bits per heavy atom. The summed E-state index contributed by atoms with van der Waals surface area (Å²) in [5.41, 5.74) is 6.45. The van der Waals surface area contributed by atoms with E-state index in [1.165, 1.54) is 0 Å². The molecule has 2 heterocycles. The maximum Gasteiger partial charge on any atom is 0.240 e. The fourth-order valence-corrected chi connectivity index (χ4v) is 1.68. The average molecular weight is 202 g/mol. The number of aromatic nitrogens is 1. The minimum absolute atomic E-state index is 0.290. The van der Waals surface area contributed by atoms with Gasteiger partial charge < -0.3 is 10.6 Å². The van der Waals surface area contributed by atoms with Crippen LogP contribution >= 0.6 is 0 Å². The number of nitrogens with two attached hydrogens (primary N) is 1. The van der Waals surface area contributed by atoms with Gasteiger partial charge in [-0.1, -0.05) is 0 Å². The largest absolute Gasteiger partial charge is 0.368 e. The fourth-order valence-electron chi connectivity index (χ4n) is 1.68. The Bertz CT molecular complexity index is 437. The first-order valence-electron chi connectivity index (χ1n) is 4.64. The quantitative estimate of drug-likeness (QED) is 0.732. The summed E-state index contributed by atoms with van der Waals surface area (Å²) in [5, 5.41) is 8.89. The van der Waals surface area contributed by atoms with Crippen LogP contribution in [0.15, 0.2) is 18.5 Å². The molecular formula is C10H10N4O. The molecule has 5 heteroatoms. The van der Waals surface area contributed by atoms with Crippen LogP contribution in [-0.4, -0.2) is 23.5 Å². The van der Waals surface area contributed by atoms with Gasteiger partial charge >= 0.3 is 0 Å². The van der Waals surface area contributed by atoms with Crippen LogP contribution in [0.25, 0.3) is 0 Å². The first kappa shape index (κ1) is 9.46. The summed E-state index contributed by atoms with van der Waals surface area (Å²) in [6, 6.07) is 3.41. The molecule has 2 rings (SSSR count). The lowest BCUT2D eigenvalue weighted by Crippen LogP contribution is -2.55. The Hall–Kier alpha value is -2.09. The van der Waals surface area contributed by atoms with E-state index in [2.05, 4.69) is 11.1 Å². The Morgan fingerprint density at radius 1 is 1.73 bits per heavy atom. The Balaban J connectivity index is 2.31. The van der Waals surface area contributed by atoms with Crippen LogP contribution in [0.3, 0.4) is 0 Å². The number of nitriles is 1. The molecule has 5 nitrogen and oxygen atoms in total. The number of carbonyl (C=O) groups is 1. The molecule has 1 unspecified atom stereocenters. The molecule has 0 radical (unpaired) electrons. The molecule has 76 valence electrons. The summed E-state index contributed by atoms with van der Waals surface area (Å²) in [6.07, 6.45) is 3.89. The lowest BCUT2D eigenvalue weighted by atomic mass is 10.0. The van der Waals surface area contributed by atoms with E-state index >= 15 is 0 Å². The van der Waals surface area contributed by atoms with Crippen molar-refractivity contribution in [2.24, 2.45) is 5.73 Å². The zero-order chi connectivity index (χ0) is 10.8. The van der Waals surface area contributed by atoms with Gasteiger partial charge in [-0.2, -0.15) is 5.26 Å². The number of rotatable bonds is 2. The predicted molar refractivity (Wildman–Crippen MR) is 53.9 cm³/mol. The monoisotopic (exact) mass is 202 g/mol. The van der Waals surface area contributed by atoms with Crippen molar-refractivity contribution in [3.8, 4) is 6.07 Å². The third-order valence-electron chi connectivity index (χ3n) is 2.58. The van der Waals surface area contributed by atoms with Gasteiger partial charge in [0.05, 0.1) is 17.4 Å². The standard InChI is InChI=1S/C10H10N4O/c11-5-7-1-3-13-6-9(7)14-4-2-8(14)10(12)15/h1,3,6,8H,2,4H2,(H2,12,15). The van der Waals surface area contributed by atoms with Gasteiger partial charge in [0.2, 0.25) is 5.91 Å². The van der Waals surface area contributed by atoms with Gasteiger partial charge in [0, 0.05) is 12.7 Å². The van der Waals surface area contributed by atoms with Crippen LogP contribution in [0.4, 0.5) is 5.69 Å². The van der Waals surface area contributed by atoms with Crippen molar-refractivity contribution in [3.63, 3.8) is 0 Å². The number of nitrogens with zero attached hydrogens (tertiary/aromatic N) is 3. The van der Waals surface area contributed by atoms with E-state index in [0.29, 0.717) is 11.3 Å². The number of pyridine rings is 1. The molecule has 1 aromatic rings. The lowest BCUT2D eigenvalue weighted by Gasteiger charge is -2.40. The molecule has 0 aromatic carbocycles. The minimum Gasteiger partial charge on any atom is -0.368 e. The molecule has 0 saturated carbocycles. The summed E-state index contributed by atoms with van der Waals surface area (Å²) in [4.78, 5) is 16.8. The SMILES string of the molecule is N#Cc1ccncc1N1CCC1C(N)=O. The van der Waals surface area contributed by atoms with Gasteiger partial charge in [-0.25, -0.2) is 0 Å². The molecule has 0 spiro atoms. The first-order chi connectivity index (χ1) is 7.24. The molecule has 1 saturated heterocycles. The van der Waals surface area contributed by atoms with Crippen LogP contribution in [0, 0.1) is 11.3 Å². The highest BCUT2D eigenvalue weighted by molar-refractivity contribution is 5.86. The van der Waals surface area contributed by atoms with E-state index in [1.54, 1.807) is 18.5 Å². The summed E-state index contributed by atoms with van der Waals surface area (Å²) in [6.45, 7) is 0.744. The van der Waals surface area contributed by atoms with E-state index in [0.717, 1.165) is 13.0 Å². The Labute approximate surface area is 87.1 Å². The second-order valence-electron chi connectivity index (χ2n) is 3.40. The topological polar surface area (TPSA) is 83.0 Å². The van der Waals surface area contributed by atoms with Crippen LogP contribution in [0.1, 0.15) is 12.0 Å². The van der Waals surface area contributed by atoms with Crippen molar-refractivity contribution >= 4 is 11.6 Å². The predicted octanol–water partition coefficient (Wildman–Crippen LogP) is 0.0173. The third-order valence-corrected chi connectivity index (χ3v) is 2.58. The molecule has 15 heavy (non-hydrogen) atoms. The van der Waals surface area contributed by atoms with Gasteiger partial charge in [0.25, 0.3) is 0 Å². The molecular weight excluding hydrogens is 192 g/mol. The molecule has 1 atom stereocenters. The molecule has 0 bridgehead atoms. The number of amides is 1. The van der Waals surface area contributed by atoms with Gasteiger partial charge in [-0.3, -0.25) is 9.78 Å². The highest BCUT2D eigenvalue weighted by Gasteiger charge is 2.33. The average Bonchev–Trinajstić information content (AvgIpc) is 2.16. The second kappa shape index (κ2) is 3.58. The molecule has 1 aliphatic heterocycles. The van der Waals surface area contributed by atoms with Crippen molar-refractivity contribution in [3.05, 3.63) is 24.0 Å². The van der Waals surface area contributed by atoms with E-state index in [9.17, 15) is 4.79 Å². The van der Waals surface area contributed by atoms with Gasteiger partial charge in [0.1, 0.15) is 12.1 Å². The zero-order valence-electron chi connectivity index (χ0n) is 8.05. The van der Waals surface area contributed by atoms with Crippen LogP contribution in [0.5, 0.6) is 0 Å². The summed E-state index contributed by atoms with van der Waals surface area (Å²) in [7, 11) is 0. The van der Waals surface area contributed by atoms with Gasteiger partial charge in [0.15, 0.2) is 0 Å². The number of primary amides is 1. The highest BCUT2D eigenvalue weighted by atomic mass is 16.1. The van der Waals surface area contributed by atoms with Crippen molar-refractivity contribution in [2.45, 2.75) is 12.5 Å². The number of hydrogen-bond acceptors (Lipinski definition) is 4. The summed E-state index contributed by atoms with van der Waals surface area (Å²) >= 11 is 0. The molecule has 1 aromatic heterocycles. The smallest absolute Gasteiger partial charge is 0.240 e. The highest BCUT2D eigenvalue weighted by Crippen LogP contribution is 2.28. The molecule has 0 aliphatic carbocycles. The lowest BCUT2D eigenvalue weighted by molar-refractivity contribution is -0.120. The first-order valence-corrected chi connectivity index (χ1v) is 4.64. The Morgan fingerprint density at radius 2 is 2.53 bits per heavy atom. The zero-order valence-corrected chi connectivity index (χ0v) is 8.05. The van der Waals surface area contributed by atoms with Crippen molar-refractivity contribution in [2.75, 3.05) is 11.4 Å². The summed E-state index contributed by atoms with van der Waals surface area (Å²) < 4.78 is 0. The van der Waals surface area contributed by atoms with E-state index in [-0.39, 0.29) is 11.9 Å². The maximum atomic E-state index is 11.0. The maximum absolute atomic E-state index is 11.0. The third kappa shape index (κ3) is 1.50. The van der Waals surface area contributed by atoms with Gasteiger partial charge in [-0.15, -0.1) is 0 Å². The van der Waals surface area contributed by atoms with Crippen LogP contribution in [0.2, 0.25) is 0 Å². The van der Waals surface area contributed by atoms with Crippen molar-refractivity contribution in [1.29, 1.82) is 5.26 Å². The van der Waals surface area contributed by atoms with Crippen LogP contribution < -0.4 is 10.6 Å². The van der Waals surface area contributed by atoms with E-state index in [4.69, 9.17) is 11.0 Å². The molecule has 1 aliphatic rings. The van der Waals surface area contributed by atoms with E-state index in [1.807, 2.05) is 4.90 Å². The number of anilines is 1.